The van der Waals surface area contributed by atoms with Gasteiger partial charge in [0.2, 0.25) is 5.91 Å². The number of carbonyl (C=O) groups is 1. The molecule has 0 aliphatic heterocycles. The standard InChI is InChI=1S/C15H25N3O/c1-5-18(6-2)15(19)12(3)17(4)14-10-8-7-9-13(14)11-16/h7-10,12H,5-6,11,16H2,1-4H3. The van der Waals surface area contributed by atoms with Crippen LogP contribution < -0.4 is 10.6 Å². The second kappa shape index (κ2) is 7.14. The van der Waals surface area contributed by atoms with Crippen molar-refractivity contribution >= 4 is 11.6 Å². The van der Waals surface area contributed by atoms with Crippen LogP contribution in [0.1, 0.15) is 26.3 Å². The lowest BCUT2D eigenvalue weighted by atomic mass is 10.1. The number of hydrogen-bond acceptors (Lipinski definition) is 3. The molecule has 1 rings (SSSR count). The van der Waals surface area contributed by atoms with Crippen molar-refractivity contribution in [3.8, 4) is 0 Å². The van der Waals surface area contributed by atoms with Gasteiger partial charge in [0.1, 0.15) is 6.04 Å². The first-order chi connectivity index (χ1) is 9.06. The predicted octanol–water partition coefficient (Wildman–Crippen LogP) is 1.84. The van der Waals surface area contributed by atoms with Crippen molar-refractivity contribution in [1.29, 1.82) is 0 Å². The Labute approximate surface area is 116 Å². The largest absolute Gasteiger partial charge is 0.363 e. The summed E-state index contributed by atoms with van der Waals surface area (Å²) in [6.07, 6.45) is 0. The zero-order valence-corrected chi connectivity index (χ0v) is 12.4. The number of rotatable bonds is 6. The average Bonchev–Trinajstić information content (AvgIpc) is 2.46. The Morgan fingerprint density at radius 2 is 1.84 bits per heavy atom. The Balaban J connectivity index is 2.92. The molecule has 0 aromatic heterocycles. The molecule has 0 heterocycles. The minimum absolute atomic E-state index is 0.152. The molecule has 0 saturated heterocycles. The van der Waals surface area contributed by atoms with Crippen molar-refractivity contribution in [3.63, 3.8) is 0 Å². The molecule has 0 radical (unpaired) electrons. The van der Waals surface area contributed by atoms with E-state index in [0.29, 0.717) is 6.54 Å². The van der Waals surface area contributed by atoms with Crippen LogP contribution in [0.15, 0.2) is 24.3 Å². The van der Waals surface area contributed by atoms with Gasteiger partial charge in [0.05, 0.1) is 0 Å². The number of hydrogen-bond donors (Lipinski definition) is 1. The first kappa shape index (κ1) is 15.5. The second-order valence-corrected chi connectivity index (χ2v) is 4.63. The van der Waals surface area contributed by atoms with Crippen LogP contribution in [-0.4, -0.2) is 37.0 Å². The van der Waals surface area contributed by atoms with Crippen LogP contribution >= 0.6 is 0 Å². The first-order valence-electron chi connectivity index (χ1n) is 6.86. The molecule has 0 spiro atoms. The Kier molecular flexibility index (Phi) is 5.83. The van der Waals surface area contributed by atoms with Gasteiger partial charge in [0, 0.05) is 32.4 Å². The Hall–Kier alpha value is -1.55. The molecule has 19 heavy (non-hydrogen) atoms. The molecule has 2 N–H and O–H groups in total. The van der Waals surface area contributed by atoms with Gasteiger partial charge in [-0.3, -0.25) is 4.79 Å². The molecule has 1 unspecified atom stereocenters. The van der Waals surface area contributed by atoms with Crippen LogP contribution in [0.2, 0.25) is 0 Å². The van der Waals surface area contributed by atoms with E-state index >= 15 is 0 Å². The maximum atomic E-state index is 12.4. The molecule has 106 valence electrons. The summed E-state index contributed by atoms with van der Waals surface area (Å²) in [5.74, 6) is 0.152. The quantitative estimate of drug-likeness (QED) is 0.852. The van der Waals surface area contributed by atoms with Gasteiger partial charge < -0.3 is 15.5 Å². The summed E-state index contributed by atoms with van der Waals surface area (Å²) >= 11 is 0. The summed E-state index contributed by atoms with van der Waals surface area (Å²) in [4.78, 5) is 16.2. The third-order valence-electron chi connectivity index (χ3n) is 3.60. The third-order valence-corrected chi connectivity index (χ3v) is 3.60. The lowest BCUT2D eigenvalue weighted by molar-refractivity contribution is -0.131. The van der Waals surface area contributed by atoms with Gasteiger partial charge in [-0.2, -0.15) is 0 Å². The zero-order chi connectivity index (χ0) is 14.4. The van der Waals surface area contributed by atoms with Gasteiger partial charge in [0.15, 0.2) is 0 Å². The molecular weight excluding hydrogens is 238 g/mol. The monoisotopic (exact) mass is 263 g/mol. The number of amides is 1. The first-order valence-corrected chi connectivity index (χ1v) is 6.86. The zero-order valence-electron chi connectivity index (χ0n) is 12.4. The van der Waals surface area contributed by atoms with Crippen LogP contribution in [-0.2, 0) is 11.3 Å². The fourth-order valence-corrected chi connectivity index (χ4v) is 2.20. The highest BCUT2D eigenvalue weighted by molar-refractivity contribution is 5.85. The van der Waals surface area contributed by atoms with Crippen molar-refractivity contribution in [2.24, 2.45) is 5.73 Å². The van der Waals surface area contributed by atoms with Crippen molar-refractivity contribution in [2.75, 3.05) is 25.0 Å². The number of benzene rings is 1. The summed E-state index contributed by atoms with van der Waals surface area (Å²) in [6.45, 7) is 7.91. The van der Waals surface area contributed by atoms with Gasteiger partial charge in [-0.25, -0.2) is 0 Å². The van der Waals surface area contributed by atoms with E-state index in [0.717, 1.165) is 24.3 Å². The minimum Gasteiger partial charge on any atom is -0.363 e. The van der Waals surface area contributed by atoms with E-state index in [4.69, 9.17) is 5.73 Å². The molecule has 4 nitrogen and oxygen atoms in total. The lowest BCUT2D eigenvalue weighted by Crippen LogP contribution is -2.46. The molecule has 0 aliphatic carbocycles. The van der Waals surface area contributed by atoms with Gasteiger partial charge in [-0.15, -0.1) is 0 Å². The fraction of sp³-hybridized carbons (Fsp3) is 0.533. The number of anilines is 1. The predicted molar refractivity (Wildman–Crippen MR) is 80.1 cm³/mol. The van der Waals surface area contributed by atoms with Crippen LogP contribution in [0.25, 0.3) is 0 Å². The Morgan fingerprint density at radius 1 is 1.26 bits per heavy atom. The molecule has 1 aromatic carbocycles. The summed E-state index contributed by atoms with van der Waals surface area (Å²) < 4.78 is 0. The molecule has 1 atom stereocenters. The van der Waals surface area contributed by atoms with E-state index in [9.17, 15) is 4.79 Å². The molecule has 1 amide bonds. The van der Waals surface area contributed by atoms with Crippen molar-refractivity contribution in [2.45, 2.75) is 33.4 Å². The van der Waals surface area contributed by atoms with E-state index in [1.807, 2.05) is 61.9 Å². The second-order valence-electron chi connectivity index (χ2n) is 4.63. The highest BCUT2D eigenvalue weighted by atomic mass is 16.2. The molecule has 4 heteroatoms. The molecule has 0 fully saturated rings. The van der Waals surface area contributed by atoms with Crippen molar-refractivity contribution in [3.05, 3.63) is 29.8 Å². The number of carbonyl (C=O) groups excluding carboxylic acids is 1. The highest BCUT2D eigenvalue weighted by Gasteiger charge is 2.23. The molecule has 1 aromatic rings. The van der Waals surface area contributed by atoms with E-state index in [1.165, 1.54) is 0 Å². The van der Waals surface area contributed by atoms with E-state index in [-0.39, 0.29) is 11.9 Å². The molecule has 0 aliphatic rings. The van der Waals surface area contributed by atoms with Crippen LogP contribution in [0.5, 0.6) is 0 Å². The highest BCUT2D eigenvalue weighted by Crippen LogP contribution is 2.21. The van der Waals surface area contributed by atoms with Crippen LogP contribution in [0.4, 0.5) is 5.69 Å². The number of nitrogens with two attached hydrogens (primary N) is 1. The topological polar surface area (TPSA) is 49.6 Å². The normalized spacial score (nSPS) is 12.1. The summed E-state index contributed by atoms with van der Waals surface area (Å²) in [6, 6.07) is 7.76. The maximum Gasteiger partial charge on any atom is 0.244 e. The minimum atomic E-state index is -0.187. The van der Waals surface area contributed by atoms with Gasteiger partial charge in [0.25, 0.3) is 0 Å². The third kappa shape index (κ3) is 3.47. The summed E-state index contributed by atoms with van der Waals surface area (Å²) in [7, 11) is 1.94. The molecule has 0 bridgehead atoms. The van der Waals surface area contributed by atoms with Crippen LogP contribution in [0.3, 0.4) is 0 Å². The van der Waals surface area contributed by atoms with E-state index in [1.54, 1.807) is 0 Å². The Morgan fingerprint density at radius 3 is 2.37 bits per heavy atom. The number of likely N-dealkylation sites (N-methyl/N-ethyl adjacent to an activating group) is 2. The summed E-state index contributed by atoms with van der Waals surface area (Å²) in [5, 5.41) is 0. The molecule has 0 saturated carbocycles. The maximum absolute atomic E-state index is 12.4. The average molecular weight is 263 g/mol. The lowest BCUT2D eigenvalue weighted by Gasteiger charge is -2.31. The van der Waals surface area contributed by atoms with Crippen LogP contribution in [0, 0.1) is 0 Å². The fourth-order valence-electron chi connectivity index (χ4n) is 2.20. The Bertz CT molecular complexity index is 416. The summed E-state index contributed by atoms with van der Waals surface area (Å²) in [5.41, 5.74) is 7.84. The van der Waals surface area contributed by atoms with E-state index < -0.39 is 0 Å². The molecular formula is C15H25N3O. The SMILES string of the molecule is CCN(CC)C(=O)C(C)N(C)c1ccccc1CN. The van der Waals surface area contributed by atoms with Crippen molar-refractivity contribution in [1.82, 2.24) is 4.90 Å². The van der Waals surface area contributed by atoms with Crippen molar-refractivity contribution < 1.29 is 4.79 Å². The smallest absolute Gasteiger partial charge is 0.244 e. The number of para-hydroxylation sites is 1. The van der Waals surface area contributed by atoms with E-state index in [2.05, 4.69) is 0 Å². The number of nitrogens with zero attached hydrogens (tertiary/aromatic N) is 2. The van der Waals surface area contributed by atoms with Gasteiger partial charge >= 0.3 is 0 Å². The van der Waals surface area contributed by atoms with Gasteiger partial charge in [-0.1, -0.05) is 18.2 Å². The van der Waals surface area contributed by atoms with Gasteiger partial charge in [-0.05, 0) is 32.4 Å².